The standard InChI is InChI=1S/C12H20N4O5/c13-2-1-10(19)16-7-3-6(4-8(17)11(7)20)12(21)15-5-9(14)18/h3,7-8,11,17,20H,1-2,4-5,13H2,(H2,14,18)(H,15,21)(H,16,19)/p+1/t7-,8-,11-/m1/s1. The Bertz CT molecular complexity index is 451. The maximum atomic E-state index is 11.8. The van der Waals surface area contributed by atoms with Gasteiger partial charge in [0.2, 0.25) is 17.7 Å². The average Bonchev–Trinajstić information content (AvgIpc) is 2.41. The van der Waals surface area contributed by atoms with Crippen molar-refractivity contribution in [3.05, 3.63) is 11.6 Å². The van der Waals surface area contributed by atoms with E-state index < -0.39 is 30.1 Å². The Balaban J connectivity index is 2.76. The van der Waals surface area contributed by atoms with Crippen LogP contribution in [0.25, 0.3) is 0 Å². The molecule has 1 rings (SSSR count). The molecule has 0 heterocycles. The molecule has 3 atom stereocenters. The molecule has 0 aromatic rings. The fourth-order valence-electron chi connectivity index (χ4n) is 1.96. The quantitative estimate of drug-likeness (QED) is 0.291. The summed E-state index contributed by atoms with van der Waals surface area (Å²) in [5.41, 5.74) is 8.64. The SMILES string of the molecule is NC(=O)CNC(=O)C1=C[C@@H](NC(=O)CC[NH3+])[C@@H](O)[C@H](O)C1. The summed E-state index contributed by atoms with van der Waals surface area (Å²) in [6, 6.07) is -0.873. The molecule has 0 aromatic heterocycles. The van der Waals surface area contributed by atoms with E-state index in [4.69, 9.17) is 5.73 Å². The van der Waals surface area contributed by atoms with Gasteiger partial charge in [-0.3, -0.25) is 14.4 Å². The van der Waals surface area contributed by atoms with Crippen molar-refractivity contribution in [2.45, 2.75) is 31.1 Å². The number of rotatable bonds is 6. The molecular weight excluding hydrogens is 280 g/mol. The number of carbonyl (C=O) groups is 3. The van der Waals surface area contributed by atoms with Gasteiger partial charge in [-0.05, 0) is 0 Å². The van der Waals surface area contributed by atoms with Gasteiger partial charge >= 0.3 is 0 Å². The predicted molar refractivity (Wildman–Crippen MR) is 71.2 cm³/mol. The molecule has 9 N–H and O–H groups in total. The molecule has 0 fully saturated rings. The normalized spacial score (nSPS) is 24.9. The van der Waals surface area contributed by atoms with Gasteiger partial charge in [0.05, 0.1) is 31.7 Å². The summed E-state index contributed by atoms with van der Waals surface area (Å²) in [4.78, 5) is 33.9. The topological polar surface area (TPSA) is 169 Å². The van der Waals surface area contributed by atoms with Crippen LogP contribution in [0.15, 0.2) is 11.6 Å². The van der Waals surface area contributed by atoms with E-state index >= 15 is 0 Å². The van der Waals surface area contributed by atoms with Crippen LogP contribution in [0.2, 0.25) is 0 Å². The average molecular weight is 301 g/mol. The van der Waals surface area contributed by atoms with Gasteiger partial charge in [-0.1, -0.05) is 6.08 Å². The van der Waals surface area contributed by atoms with Crippen LogP contribution >= 0.6 is 0 Å². The van der Waals surface area contributed by atoms with E-state index in [-0.39, 0.29) is 30.9 Å². The molecule has 0 radical (unpaired) electrons. The smallest absolute Gasteiger partial charge is 0.247 e. The fourth-order valence-corrected chi connectivity index (χ4v) is 1.96. The van der Waals surface area contributed by atoms with Crippen LogP contribution in [0.4, 0.5) is 0 Å². The van der Waals surface area contributed by atoms with Gasteiger partial charge in [0.15, 0.2) is 0 Å². The molecule has 0 aromatic carbocycles. The van der Waals surface area contributed by atoms with Gasteiger partial charge in [-0.2, -0.15) is 0 Å². The number of primary amides is 1. The van der Waals surface area contributed by atoms with Crippen LogP contribution in [-0.4, -0.2) is 59.3 Å². The number of aliphatic hydroxyl groups is 2. The lowest BCUT2D eigenvalue weighted by Gasteiger charge is -2.30. The first-order valence-electron chi connectivity index (χ1n) is 6.57. The monoisotopic (exact) mass is 301 g/mol. The third-order valence-corrected chi connectivity index (χ3v) is 3.02. The number of quaternary nitrogens is 1. The number of hydrogen-bond acceptors (Lipinski definition) is 5. The molecule has 0 saturated carbocycles. The number of hydrogen-bond donors (Lipinski definition) is 6. The molecule has 0 unspecified atom stereocenters. The van der Waals surface area contributed by atoms with E-state index in [1.54, 1.807) is 0 Å². The first-order chi connectivity index (χ1) is 9.85. The molecule has 0 aliphatic heterocycles. The number of nitrogens with one attached hydrogen (secondary N) is 2. The van der Waals surface area contributed by atoms with E-state index in [0.717, 1.165) is 0 Å². The van der Waals surface area contributed by atoms with Crippen molar-refractivity contribution < 1.29 is 30.3 Å². The van der Waals surface area contributed by atoms with Gasteiger partial charge in [0.25, 0.3) is 0 Å². The Morgan fingerprint density at radius 3 is 2.62 bits per heavy atom. The highest BCUT2D eigenvalue weighted by Crippen LogP contribution is 2.19. The summed E-state index contributed by atoms with van der Waals surface area (Å²) in [6.45, 7) is 0.0697. The molecule has 3 amide bonds. The Hall–Kier alpha value is -1.97. The maximum Gasteiger partial charge on any atom is 0.247 e. The van der Waals surface area contributed by atoms with Crippen LogP contribution < -0.4 is 22.1 Å². The third-order valence-electron chi connectivity index (χ3n) is 3.02. The predicted octanol–water partition coefficient (Wildman–Crippen LogP) is -4.24. The Kier molecular flexibility index (Phi) is 6.28. The second kappa shape index (κ2) is 7.72. The minimum Gasteiger partial charge on any atom is -0.390 e. The zero-order valence-corrected chi connectivity index (χ0v) is 11.5. The number of aliphatic hydroxyl groups excluding tert-OH is 2. The van der Waals surface area contributed by atoms with E-state index in [1.807, 2.05) is 0 Å². The van der Waals surface area contributed by atoms with E-state index in [1.165, 1.54) is 6.08 Å². The maximum absolute atomic E-state index is 11.8. The summed E-state index contributed by atoms with van der Waals surface area (Å²) < 4.78 is 0. The highest BCUT2D eigenvalue weighted by Gasteiger charge is 2.33. The molecule has 1 aliphatic rings. The molecule has 21 heavy (non-hydrogen) atoms. The Labute approximate surface area is 121 Å². The molecule has 118 valence electrons. The van der Waals surface area contributed by atoms with Gasteiger partial charge in [-0.25, -0.2) is 0 Å². The van der Waals surface area contributed by atoms with Gasteiger partial charge < -0.3 is 32.3 Å². The van der Waals surface area contributed by atoms with Crippen LogP contribution in [0.1, 0.15) is 12.8 Å². The van der Waals surface area contributed by atoms with E-state index in [0.29, 0.717) is 6.54 Å². The summed E-state index contributed by atoms with van der Waals surface area (Å²) >= 11 is 0. The van der Waals surface area contributed by atoms with Crippen molar-refractivity contribution in [1.29, 1.82) is 0 Å². The van der Waals surface area contributed by atoms with Crippen LogP contribution in [0, 0.1) is 0 Å². The van der Waals surface area contributed by atoms with Crippen molar-refractivity contribution in [2.75, 3.05) is 13.1 Å². The minimum absolute atomic E-state index is 0.0759. The first kappa shape index (κ1) is 17.1. The van der Waals surface area contributed by atoms with Gasteiger partial charge in [0, 0.05) is 12.0 Å². The highest BCUT2D eigenvalue weighted by atomic mass is 16.3. The summed E-state index contributed by atoms with van der Waals surface area (Å²) in [5, 5.41) is 24.4. The first-order valence-corrected chi connectivity index (χ1v) is 6.57. The molecule has 9 nitrogen and oxygen atoms in total. The Morgan fingerprint density at radius 2 is 2.05 bits per heavy atom. The second-order valence-electron chi connectivity index (χ2n) is 4.80. The summed E-state index contributed by atoms with van der Waals surface area (Å²) in [6.07, 6.45) is -0.917. The lowest BCUT2D eigenvalue weighted by Crippen LogP contribution is -2.54. The lowest BCUT2D eigenvalue weighted by atomic mass is 9.90. The zero-order valence-electron chi connectivity index (χ0n) is 11.5. The second-order valence-corrected chi connectivity index (χ2v) is 4.80. The summed E-state index contributed by atoms with van der Waals surface area (Å²) in [7, 11) is 0. The van der Waals surface area contributed by atoms with Gasteiger partial charge in [-0.15, -0.1) is 0 Å². The van der Waals surface area contributed by atoms with Crippen LogP contribution in [0.5, 0.6) is 0 Å². The van der Waals surface area contributed by atoms with Crippen molar-refractivity contribution in [1.82, 2.24) is 10.6 Å². The van der Waals surface area contributed by atoms with Crippen molar-refractivity contribution in [2.24, 2.45) is 5.73 Å². The molecular formula is C12H21N4O5+. The molecule has 0 spiro atoms. The number of amides is 3. The van der Waals surface area contributed by atoms with Crippen LogP contribution in [-0.2, 0) is 14.4 Å². The Morgan fingerprint density at radius 1 is 1.38 bits per heavy atom. The largest absolute Gasteiger partial charge is 0.390 e. The van der Waals surface area contributed by atoms with Crippen LogP contribution in [0.3, 0.4) is 0 Å². The van der Waals surface area contributed by atoms with E-state index in [2.05, 4.69) is 16.4 Å². The molecule has 0 saturated heterocycles. The highest BCUT2D eigenvalue weighted by molar-refractivity contribution is 5.96. The zero-order chi connectivity index (χ0) is 16.0. The lowest BCUT2D eigenvalue weighted by molar-refractivity contribution is -0.366. The molecule has 1 aliphatic carbocycles. The van der Waals surface area contributed by atoms with Crippen molar-refractivity contribution in [3.8, 4) is 0 Å². The van der Waals surface area contributed by atoms with E-state index in [9.17, 15) is 24.6 Å². The molecule has 0 bridgehead atoms. The third kappa shape index (κ3) is 5.14. The van der Waals surface area contributed by atoms with Crippen molar-refractivity contribution in [3.63, 3.8) is 0 Å². The van der Waals surface area contributed by atoms with Gasteiger partial charge in [0.1, 0.15) is 6.10 Å². The minimum atomic E-state index is -1.20. The fraction of sp³-hybridized carbons (Fsp3) is 0.583. The summed E-state index contributed by atoms with van der Waals surface area (Å²) in [5.74, 6) is -1.60. The number of nitrogens with two attached hydrogens (primary N) is 1. The molecule has 9 heteroatoms. The van der Waals surface area contributed by atoms with Crippen molar-refractivity contribution >= 4 is 17.7 Å². The number of carbonyl (C=O) groups excluding carboxylic acids is 3.